The second-order valence-corrected chi connectivity index (χ2v) is 9.89. The van der Waals surface area contributed by atoms with Crippen LogP contribution in [0.1, 0.15) is 11.1 Å². The highest BCUT2D eigenvalue weighted by Crippen LogP contribution is 2.29. The van der Waals surface area contributed by atoms with E-state index in [4.69, 9.17) is 32.7 Å². The summed E-state index contributed by atoms with van der Waals surface area (Å²) in [4.78, 5) is 13.0. The Labute approximate surface area is 209 Å². The number of nitrogens with one attached hydrogen (secondary N) is 2. The van der Waals surface area contributed by atoms with Crippen molar-refractivity contribution in [2.45, 2.75) is 23.9 Å². The summed E-state index contributed by atoms with van der Waals surface area (Å²) in [5.41, 5.74) is 1.45. The molecule has 0 bridgehead atoms. The molecule has 3 aromatic rings. The van der Waals surface area contributed by atoms with Gasteiger partial charge in [-0.3, -0.25) is 4.79 Å². The lowest BCUT2D eigenvalue weighted by Crippen LogP contribution is -2.47. The highest BCUT2D eigenvalue weighted by atomic mass is 35.5. The number of sulfonamides is 1. The lowest BCUT2D eigenvalue weighted by molar-refractivity contribution is -0.122. The van der Waals surface area contributed by atoms with Crippen LogP contribution in [0.4, 0.5) is 0 Å². The molecule has 0 aliphatic heterocycles. The average molecular weight is 523 g/mol. The number of carbonyl (C=O) groups excluding carboxylic acids is 1. The molecule has 0 spiro atoms. The highest BCUT2D eigenvalue weighted by Gasteiger charge is 2.27. The molecule has 7 nitrogen and oxygen atoms in total. The van der Waals surface area contributed by atoms with E-state index in [9.17, 15) is 13.2 Å². The molecule has 0 heterocycles. The van der Waals surface area contributed by atoms with E-state index in [2.05, 4.69) is 10.0 Å². The molecule has 0 aromatic heterocycles. The summed E-state index contributed by atoms with van der Waals surface area (Å²) in [5.74, 6) is 0.144. The molecule has 0 saturated carbocycles. The molecule has 1 amide bonds. The van der Waals surface area contributed by atoms with Gasteiger partial charge in [0.15, 0.2) is 11.5 Å². The van der Waals surface area contributed by atoms with Crippen LogP contribution >= 0.6 is 23.2 Å². The van der Waals surface area contributed by atoms with Gasteiger partial charge in [0.25, 0.3) is 0 Å². The number of hydrogen-bond acceptors (Lipinski definition) is 5. The van der Waals surface area contributed by atoms with Crippen LogP contribution in [0.2, 0.25) is 10.0 Å². The number of amides is 1. The third-order valence-electron chi connectivity index (χ3n) is 5.03. The lowest BCUT2D eigenvalue weighted by atomic mass is 10.1. The third kappa shape index (κ3) is 6.64. The minimum absolute atomic E-state index is 0.0586. The third-order valence-corrected chi connectivity index (χ3v) is 7.09. The van der Waals surface area contributed by atoms with Gasteiger partial charge in [-0.05, 0) is 41.8 Å². The van der Waals surface area contributed by atoms with Crippen molar-refractivity contribution < 1.29 is 22.7 Å². The maximum absolute atomic E-state index is 13.1. The summed E-state index contributed by atoms with van der Waals surface area (Å²) in [6.07, 6.45) is 0.146. The van der Waals surface area contributed by atoms with E-state index < -0.39 is 22.0 Å². The number of benzene rings is 3. The summed E-state index contributed by atoms with van der Waals surface area (Å²) in [5, 5.41) is 3.63. The second-order valence-electron chi connectivity index (χ2n) is 7.33. The second kappa shape index (κ2) is 11.6. The zero-order chi connectivity index (χ0) is 24.7. The van der Waals surface area contributed by atoms with Gasteiger partial charge in [0.1, 0.15) is 6.04 Å². The first-order valence-corrected chi connectivity index (χ1v) is 12.5. The Morgan fingerprint density at radius 2 is 1.65 bits per heavy atom. The molecule has 0 unspecified atom stereocenters. The van der Waals surface area contributed by atoms with Gasteiger partial charge in [0.05, 0.1) is 19.1 Å². The molecule has 2 N–H and O–H groups in total. The molecule has 0 fully saturated rings. The summed E-state index contributed by atoms with van der Waals surface area (Å²) in [6.45, 7) is 0.109. The maximum Gasteiger partial charge on any atom is 0.241 e. The molecule has 1 atom stereocenters. The standard InChI is InChI=1S/C24H24Cl2N2O5S/c1-32-22-11-10-19(14-23(22)33-2)34(30,31)28-21(12-16-6-4-3-5-7-16)24(29)27-15-17-8-9-18(25)13-20(17)26/h3-11,13-14,21,28H,12,15H2,1-2H3,(H,27,29)/t21-/m0/s1. The Morgan fingerprint density at radius 3 is 2.29 bits per heavy atom. The molecule has 0 saturated heterocycles. The minimum Gasteiger partial charge on any atom is -0.493 e. The van der Waals surface area contributed by atoms with Crippen molar-refractivity contribution in [2.24, 2.45) is 0 Å². The van der Waals surface area contributed by atoms with Crippen LogP contribution in [0.15, 0.2) is 71.6 Å². The van der Waals surface area contributed by atoms with E-state index in [-0.39, 0.29) is 23.6 Å². The molecule has 0 aliphatic rings. The van der Waals surface area contributed by atoms with Gasteiger partial charge >= 0.3 is 0 Å². The topological polar surface area (TPSA) is 93.7 Å². The van der Waals surface area contributed by atoms with E-state index in [1.165, 1.54) is 32.4 Å². The van der Waals surface area contributed by atoms with Crippen LogP contribution < -0.4 is 19.5 Å². The van der Waals surface area contributed by atoms with E-state index in [0.717, 1.165) is 5.56 Å². The van der Waals surface area contributed by atoms with E-state index >= 15 is 0 Å². The van der Waals surface area contributed by atoms with Crippen LogP contribution in [-0.4, -0.2) is 34.6 Å². The smallest absolute Gasteiger partial charge is 0.241 e. The van der Waals surface area contributed by atoms with Gasteiger partial charge in [-0.25, -0.2) is 8.42 Å². The van der Waals surface area contributed by atoms with Gasteiger partial charge in [-0.2, -0.15) is 4.72 Å². The van der Waals surface area contributed by atoms with Gasteiger partial charge in [0, 0.05) is 22.7 Å². The van der Waals surface area contributed by atoms with Crippen molar-refractivity contribution in [3.8, 4) is 11.5 Å². The Morgan fingerprint density at radius 1 is 0.941 bits per heavy atom. The van der Waals surface area contributed by atoms with Crippen molar-refractivity contribution in [1.29, 1.82) is 0 Å². The van der Waals surface area contributed by atoms with Crippen LogP contribution in [0.3, 0.4) is 0 Å². The SMILES string of the molecule is COc1ccc(S(=O)(=O)N[C@@H](Cc2ccccc2)C(=O)NCc2ccc(Cl)cc2Cl)cc1OC. The monoisotopic (exact) mass is 522 g/mol. The lowest BCUT2D eigenvalue weighted by Gasteiger charge is -2.19. The fourth-order valence-corrected chi connectivity index (χ4v) is 4.93. The molecule has 3 aromatic carbocycles. The van der Waals surface area contributed by atoms with Crippen LogP contribution in [-0.2, 0) is 27.8 Å². The number of carbonyl (C=O) groups is 1. The number of methoxy groups -OCH3 is 2. The Hall–Kier alpha value is -2.78. The minimum atomic E-state index is -4.07. The summed E-state index contributed by atoms with van der Waals surface area (Å²) >= 11 is 12.1. The quantitative estimate of drug-likeness (QED) is 0.415. The predicted molar refractivity (Wildman–Crippen MR) is 132 cm³/mol. The molecule has 34 heavy (non-hydrogen) atoms. The van der Waals surface area contributed by atoms with Crippen LogP contribution in [0.25, 0.3) is 0 Å². The predicted octanol–water partition coefficient (Wildman–Crippen LogP) is 4.22. The Kier molecular flexibility index (Phi) is 8.79. The van der Waals surface area contributed by atoms with Crippen molar-refractivity contribution in [2.75, 3.05) is 14.2 Å². The van der Waals surface area contributed by atoms with Crippen molar-refractivity contribution in [3.63, 3.8) is 0 Å². The zero-order valence-electron chi connectivity index (χ0n) is 18.5. The fraction of sp³-hybridized carbons (Fsp3) is 0.208. The number of ether oxygens (including phenoxy) is 2. The first-order chi connectivity index (χ1) is 16.2. The summed E-state index contributed by atoms with van der Waals surface area (Å²) in [6, 6.07) is 17.2. The molecule has 0 aliphatic carbocycles. The Balaban J connectivity index is 1.84. The van der Waals surface area contributed by atoms with E-state index in [1.54, 1.807) is 18.2 Å². The zero-order valence-corrected chi connectivity index (χ0v) is 20.9. The normalized spacial score (nSPS) is 12.1. The highest BCUT2D eigenvalue weighted by molar-refractivity contribution is 7.89. The van der Waals surface area contributed by atoms with Gasteiger partial charge < -0.3 is 14.8 Å². The van der Waals surface area contributed by atoms with Crippen molar-refractivity contribution >= 4 is 39.1 Å². The van der Waals surface area contributed by atoms with E-state index in [0.29, 0.717) is 21.4 Å². The van der Waals surface area contributed by atoms with Crippen LogP contribution in [0.5, 0.6) is 11.5 Å². The molecular weight excluding hydrogens is 499 g/mol. The molecule has 10 heteroatoms. The molecular formula is C24H24Cl2N2O5S. The average Bonchev–Trinajstić information content (AvgIpc) is 2.83. The molecule has 180 valence electrons. The largest absolute Gasteiger partial charge is 0.493 e. The fourth-order valence-electron chi connectivity index (χ4n) is 3.25. The first kappa shape index (κ1) is 25.8. The molecule has 3 rings (SSSR count). The van der Waals surface area contributed by atoms with Gasteiger partial charge in [0.2, 0.25) is 15.9 Å². The first-order valence-electron chi connectivity index (χ1n) is 10.2. The molecule has 0 radical (unpaired) electrons. The summed E-state index contributed by atoms with van der Waals surface area (Å²) in [7, 11) is -1.20. The maximum atomic E-state index is 13.1. The Bertz CT molecular complexity index is 1250. The van der Waals surface area contributed by atoms with Crippen molar-refractivity contribution in [1.82, 2.24) is 10.0 Å². The van der Waals surface area contributed by atoms with E-state index in [1.807, 2.05) is 30.3 Å². The van der Waals surface area contributed by atoms with Crippen molar-refractivity contribution in [3.05, 3.63) is 87.9 Å². The van der Waals surface area contributed by atoms with Gasteiger partial charge in [-0.1, -0.05) is 59.6 Å². The number of halogens is 2. The van der Waals surface area contributed by atoms with Crippen LogP contribution in [0, 0.1) is 0 Å². The van der Waals surface area contributed by atoms with Gasteiger partial charge in [-0.15, -0.1) is 0 Å². The summed E-state index contributed by atoms with van der Waals surface area (Å²) < 4.78 is 39.2. The number of rotatable bonds is 10. The number of hydrogen-bond donors (Lipinski definition) is 2.